The highest BCUT2D eigenvalue weighted by atomic mass is 16.2. The predicted molar refractivity (Wildman–Crippen MR) is 140 cm³/mol. The topological polar surface area (TPSA) is 66.9 Å². The maximum atomic E-state index is 13.2. The molecule has 0 bridgehead atoms. The van der Waals surface area contributed by atoms with E-state index in [9.17, 15) is 9.59 Å². The third-order valence-electron chi connectivity index (χ3n) is 6.37. The van der Waals surface area contributed by atoms with Crippen LogP contribution in [0, 0.1) is 6.92 Å². The lowest BCUT2D eigenvalue weighted by atomic mass is 9.91. The van der Waals surface area contributed by atoms with E-state index in [1.54, 1.807) is 22.9 Å². The minimum Gasteiger partial charge on any atom is -0.361 e. The number of pyridine rings is 1. The van der Waals surface area contributed by atoms with E-state index in [1.807, 2.05) is 73.8 Å². The SMILES string of the molecule is Cc1cccc(Cn2cccc(C(=O)NCC(c3ccccc3)c3c[nH]c4ccccc34)c2=O)c1. The summed E-state index contributed by atoms with van der Waals surface area (Å²) in [5.74, 6) is -0.427. The highest BCUT2D eigenvalue weighted by molar-refractivity contribution is 5.94. The molecule has 0 saturated heterocycles. The van der Waals surface area contributed by atoms with Gasteiger partial charge in [0.1, 0.15) is 5.56 Å². The van der Waals surface area contributed by atoms with E-state index in [4.69, 9.17) is 0 Å². The summed E-state index contributed by atoms with van der Waals surface area (Å²) in [5.41, 5.74) is 5.26. The van der Waals surface area contributed by atoms with Crippen molar-refractivity contribution in [3.05, 3.63) is 142 Å². The molecule has 35 heavy (non-hydrogen) atoms. The number of hydrogen-bond acceptors (Lipinski definition) is 2. The van der Waals surface area contributed by atoms with Gasteiger partial charge in [0.2, 0.25) is 0 Å². The van der Waals surface area contributed by atoms with Crippen LogP contribution in [-0.2, 0) is 6.54 Å². The summed E-state index contributed by atoms with van der Waals surface area (Å²) in [7, 11) is 0. The minimum atomic E-state index is -0.366. The predicted octanol–water partition coefficient (Wildman–Crippen LogP) is 5.25. The molecule has 0 aliphatic heterocycles. The lowest BCUT2D eigenvalue weighted by Gasteiger charge is -2.18. The Balaban J connectivity index is 1.40. The molecule has 1 amide bonds. The minimum absolute atomic E-state index is 0.0606. The first-order chi connectivity index (χ1) is 17.1. The Morgan fingerprint density at radius 1 is 0.943 bits per heavy atom. The van der Waals surface area contributed by atoms with Crippen molar-refractivity contribution in [3.63, 3.8) is 0 Å². The maximum Gasteiger partial charge on any atom is 0.263 e. The van der Waals surface area contributed by atoms with Crippen molar-refractivity contribution in [1.29, 1.82) is 0 Å². The molecule has 0 radical (unpaired) electrons. The summed E-state index contributed by atoms with van der Waals surface area (Å²) >= 11 is 0. The molecule has 2 heterocycles. The van der Waals surface area contributed by atoms with Crippen molar-refractivity contribution in [2.24, 2.45) is 0 Å². The van der Waals surface area contributed by atoms with Crippen molar-refractivity contribution in [3.8, 4) is 0 Å². The third-order valence-corrected chi connectivity index (χ3v) is 6.37. The van der Waals surface area contributed by atoms with Crippen LogP contribution in [0.25, 0.3) is 10.9 Å². The number of aromatic nitrogens is 2. The largest absolute Gasteiger partial charge is 0.361 e. The highest BCUT2D eigenvalue weighted by Gasteiger charge is 2.20. The molecule has 5 aromatic rings. The Morgan fingerprint density at radius 3 is 2.57 bits per heavy atom. The van der Waals surface area contributed by atoms with Crippen molar-refractivity contribution in [2.75, 3.05) is 6.54 Å². The lowest BCUT2D eigenvalue weighted by Crippen LogP contribution is -2.35. The van der Waals surface area contributed by atoms with Gasteiger partial charge >= 0.3 is 0 Å². The van der Waals surface area contributed by atoms with E-state index < -0.39 is 0 Å². The Bertz CT molecular complexity index is 1530. The molecule has 5 rings (SSSR count). The first-order valence-electron chi connectivity index (χ1n) is 11.7. The van der Waals surface area contributed by atoms with Crippen LogP contribution in [0.3, 0.4) is 0 Å². The molecule has 2 N–H and O–H groups in total. The Morgan fingerprint density at radius 2 is 1.74 bits per heavy atom. The van der Waals surface area contributed by atoms with Gasteiger partial charge in [0.15, 0.2) is 0 Å². The quantitative estimate of drug-likeness (QED) is 0.348. The van der Waals surface area contributed by atoms with Crippen molar-refractivity contribution < 1.29 is 4.79 Å². The molecule has 0 saturated carbocycles. The molecule has 0 spiro atoms. The Labute approximate surface area is 204 Å². The van der Waals surface area contributed by atoms with Crippen molar-refractivity contribution >= 4 is 16.8 Å². The van der Waals surface area contributed by atoms with E-state index in [1.165, 1.54) is 0 Å². The van der Waals surface area contributed by atoms with E-state index in [-0.39, 0.29) is 22.9 Å². The highest BCUT2D eigenvalue weighted by Crippen LogP contribution is 2.30. The van der Waals surface area contributed by atoms with Gasteiger partial charge < -0.3 is 14.9 Å². The monoisotopic (exact) mass is 461 g/mol. The fraction of sp³-hybridized carbons (Fsp3) is 0.133. The number of amides is 1. The van der Waals surface area contributed by atoms with Gasteiger partial charge in [-0.05, 0) is 41.8 Å². The van der Waals surface area contributed by atoms with Crippen LogP contribution in [0.5, 0.6) is 0 Å². The summed E-state index contributed by atoms with van der Waals surface area (Å²) in [4.78, 5) is 29.6. The molecule has 5 heteroatoms. The maximum absolute atomic E-state index is 13.2. The summed E-state index contributed by atoms with van der Waals surface area (Å²) in [6.07, 6.45) is 3.73. The van der Waals surface area contributed by atoms with Gasteiger partial charge in [0.25, 0.3) is 11.5 Å². The van der Waals surface area contributed by atoms with Crippen LogP contribution in [0.2, 0.25) is 0 Å². The molecule has 1 unspecified atom stereocenters. The third kappa shape index (κ3) is 4.80. The molecule has 1 atom stereocenters. The molecule has 3 aromatic carbocycles. The molecule has 5 nitrogen and oxygen atoms in total. The summed E-state index contributed by atoms with van der Waals surface area (Å²) in [6, 6.07) is 29.6. The van der Waals surface area contributed by atoms with Gasteiger partial charge in [0, 0.05) is 35.8 Å². The second-order valence-electron chi connectivity index (χ2n) is 8.81. The van der Waals surface area contributed by atoms with Gasteiger partial charge in [-0.25, -0.2) is 0 Å². The molecular weight excluding hydrogens is 434 g/mol. The lowest BCUT2D eigenvalue weighted by molar-refractivity contribution is 0.0950. The van der Waals surface area contributed by atoms with Gasteiger partial charge in [-0.15, -0.1) is 0 Å². The number of nitrogens with zero attached hydrogens (tertiary/aromatic N) is 1. The van der Waals surface area contributed by atoms with E-state index in [2.05, 4.69) is 28.5 Å². The van der Waals surface area contributed by atoms with Crippen LogP contribution in [-0.4, -0.2) is 22.0 Å². The number of aryl methyl sites for hydroxylation is 1. The summed E-state index contributed by atoms with van der Waals surface area (Å²) < 4.78 is 1.58. The zero-order valence-corrected chi connectivity index (χ0v) is 19.6. The van der Waals surface area contributed by atoms with Crippen molar-refractivity contribution in [2.45, 2.75) is 19.4 Å². The second kappa shape index (κ2) is 9.85. The van der Waals surface area contributed by atoms with Gasteiger partial charge in [-0.3, -0.25) is 9.59 Å². The number of carbonyl (C=O) groups excluding carboxylic acids is 1. The summed E-state index contributed by atoms with van der Waals surface area (Å²) in [6.45, 7) is 2.81. The molecule has 0 aliphatic rings. The summed E-state index contributed by atoms with van der Waals surface area (Å²) in [5, 5.41) is 4.15. The number of hydrogen-bond donors (Lipinski definition) is 2. The first-order valence-corrected chi connectivity index (χ1v) is 11.7. The van der Waals surface area contributed by atoms with Gasteiger partial charge in [-0.1, -0.05) is 78.4 Å². The molecule has 0 fully saturated rings. The van der Waals surface area contributed by atoms with E-state index >= 15 is 0 Å². The molecule has 2 aromatic heterocycles. The fourth-order valence-corrected chi connectivity index (χ4v) is 4.61. The fourth-order valence-electron chi connectivity index (χ4n) is 4.61. The second-order valence-corrected chi connectivity index (χ2v) is 8.81. The normalized spacial score (nSPS) is 11.9. The molecular formula is C30H27N3O2. The zero-order chi connectivity index (χ0) is 24.2. The molecule has 0 aliphatic carbocycles. The van der Waals surface area contributed by atoms with Crippen LogP contribution in [0.4, 0.5) is 0 Å². The van der Waals surface area contributed by atoms with Crippen LogP contribution >= 0.6 is 0 Å². The first kappa shape index (κ1) is 22.4. The number of para-hydroxylation sites is 1. The van der Waals surface area contributed by atoms with E-state index in [0.717, 1.165) is 33.2 Å². The van der Waals surface area contributed by atoms with Gasteiger partial charge in [0.05, 0.1) is 6.54 Å². The van der Waals surface area contributed by atoms with E-state index in [0.29, 0.717) is 13.1 Å². The zero-order valence-electron chi connectivity index (χ0n) is 19.6. The number of rotatable bonds is 7. The number of aromatic amines is 1. The number of benzene rings is 3. The smallest absolute Gasteiger partial charge is 0.263 e. The Hall–Kier alpha value is -4.38. The number of nitrogens with one attached hydrogen (secondary N) is 2. The van der Waals surface area contributed by atoms with Crippen LogP contribution < -0.4 is 10.9 Å². The van der Waals surface area contributed by atoms with Crippen LogP contribution in [0.15, 0.2) is 108 Å². The van der Waals surface area contributed by atoms with Gasteiger partial charge in [-0.2, -0.15) is 0 Å². The Kier molecular flexibility index (Phi) is 6.31. The number of carbonyl (C=O) groups is 1. The van der Waals surface area contributed by atoms with Crippen LogP contribution in [0.1, 0.15) is 38.5 Å². The average Bonchev–Trinajstić information content (AvgIpc) is 3.30. The number of fused-ring (bicyclic) bond motifs is 1. The number of H-pyrrole nitrogens is 1. The average molecular weight is 462 g/mol. The standard InChI is InChI=1S/C30H27N3O2/c1-21-9-7-10-22(17-21)20-33-16-8-14-25(30(33)35)29(34)32-18-26(23-11-3-2-4-12-23)27-19-31-28-15-6-5-13-24(27)28/h2-17,19,26,31H,18,20H2,1H3,(H,32,34). The molecule has 174 valence electrons. The van der Waals surface area contributed by atoms with Crippen molar-refractivity contribution in [1.82, 2.24) is 14.9 Å².